The molecule has 3 fully saturated rings. The number of sulfonamides is 1. The number of hydrogen-bond acceptors (Lipinski definition) is 5. The maximum Gasteiger partial charge on any atom is 0.328 e. The van der Waals surface area contributed by atoms with Crippen molar-refractivity contribution in [3.8, 4) is 0 Å². The molecule has 1 atom stereocenters. The minimum atomic E-state index is -3.80. The fourth-order valence-corrected chi connectivity index (χ4v) is 7.94. The quantitative estimate of drug-likeness (QED) is 0.660. The van der Waals surface area contributed by atoms with Crippen molar-refractivity contribution < 1.29 is 22.0 Å². The number of amidine groups is 1. The molecule has 3 heterocycles. The molecule has 11 heteroatoms. The summed E-state index contributed by atoms with van der Waals surface area (Å²) in [6.45, 7) is 0.244. The summed E-state index contributed by atoms with van der Waals surface area (Å²) in [4.78, 5) is 19.4. The van der Waals surface area contributed by atoms with Crippen molar-refractivity contribution in [1.82, 2.24) is 9.62 Å². The molecular formula is C23H26F2N4O3S2. The molecule has 2 aromatic rings. The molecule has 1 spiro atoms. The second-order valence-corrected chi connectivity index (χ2v) is 12.2. The first-order valence-electron chi connectivity index (χ1n) is 11.5. The molecule has 7 nitrogen and oxygen atoms in total. The van der Waals surface area contributed by atoms with Gasteiger partial charge in [0.2, 0.25) is 0 Å². The Labute approximate surface area is 201 Å². The molecule has 0 bridgehead atoms. The molecule has 2 aliphatic heterocycles. The molecule has 182 valence electrons. The molecule has 1 aliphatic carbocycles. The van der Waals surface area contributed by atoms with Crippen LogP contribution >= 0.6 is 11.3 Å². The molecule has 0 radical (unpaired) electrons. The number of halogens is 2. The van der Waals surface area contributed by atoms with E-state index in [2.05, 4.69) is 5.32 Å². The van der Waals surface area contributed by atoms with Crippen molar-refractivity contribution in [1.29, 1.82) is 0 Å². The van der Waals surface area contributed by atoms with Crippen molar-refractivity contribution in [2.75, 3.05) is 18.0 Å². The Morgan fingerprint density at radius 3 is 2.50 bits per heavy atom. The van der Waals surface area contributed by atoms with E-state index in [0.29, 0.717) is 18.7 Å². The van der Waals surface area contributed by atoms with Crippen LogP contribution in [0.25, 0.3) is 0 Å². The van der Waals surface area contributed by atoms with Crippen LogP contribution in [0.2, 0.25) is 0 Å². The minimum absolute atomic E-state index is 0.0226. The maximum absolute atomic E-state index is 14.2. The van der Waals surface area contributed by atoms with Gasteiger partial charge in [0.25, 0.3) is 10.0 Å². The number of carbonyl (C=O) groups excluding carboxylic acids is 1. The van der Waals surface area contributed by atoms with Gasteiger partial charge in [-0.3, -0.25) is 15.2 Å². The van der Waals surface area contributed by atoms with Crippen LogP contribution in [-0.4, -0.2) is 49.3 Å². The highest BCUT2D eigenvalue weighted by Crippen LogP contribution is 2.40. The summed E-state index contributed by atoms with van der Waals surface area (Å²) in [5.74, 6) is -1.23. The number of thiophene rings is 1. The van der Waals surface area contributed by atoms with Crippen molar-refractivity contribution in [3.05, 3.63) is 47.3 Å². The molecule has 1 N–H and O–H groups in total. The van der Waals surface area contributed by atoms with Crippen LogP contribution in [0.15, 0.2) is 44.9 Å². The number of hydrogen-bond donors (Lipinski definition) is 1. The van der Waals surface area contributed by atoms with Crippen LogP contribution < -0.4 is 10.2 Å². The van der Waals surface area contributed by atoms with Crippen LogP contribution in [-0.2, 0) is 10.0 Å². The van der Waals surface area contributed by atoms with E-state index < -0.39 is 33.2 Å². The summed E-state index contributed by atoms with van der Waals surface area (Å²) in [5.41, 5.74) is -1.13. The topological polar surface area (TPSA) is 82.1 Å². The SMILES string of the molecule is O=C1NC(=NC2CCCCC2)C2(CCCN(S(=O)(=O)c3cccs3)C2)N1c1cc(F)cc(F)c1. The number of urea groups is 1. The summed E-state index contributed by atoms with van der Waals surface area (Å²) in [7, 11) is -3.80. The van der Waals surface area contributed by atoms with Gasteiger partial charge in [0, 0.05) is 19.2 Å². The highest BCUT2D eigenvalue weighted by atomic mass is 32.2. The summed E-state index contributed by atoms with van der Waals surface area (Å²) >= 11 is 1.13. The standard InChI is InChI=1S/C23H26F2N4O3S2/c24-16-12-17(25)14-19(13-16)29-22(30)27-21(26-18-6-2-1-3-7-18)23(29)9-5-10-28(15-23)34(31,32)20-8-4-11-33-20/h4,8,11-14,18H,1-3,5-7,9-10,15H2,(H,26,27,30). The van der Waals surface area contributed by atoms with E-state index >= 15 is 0 Å². The fraction of sp³-hybridized carbons (Fsp3) is 0.478. The molecule has 3 aliphatic rings. The first kappa shape index (κ1) is 23.4. The number of carbonyl (C=O) groups is 1. The predicted molar refractivity (Wildman–Crippen MR) is 127 cm³/mol. The Hall–Kier alpha value is -2.37. The smallest absolute Gasteiger partial charge is 0.294 e. The third-order valence-electron chi connectivity index (χ3n) is 6.81. The summed E-state index contributed by atoms with van der Waals surface area (Å²) < 4.78 is 56.6. The predicted octanol–water partition coefficient (Wildman–Crippen LogP) is 4.51. The molecule has 1 aromatic carbocycles. The highest BCUT2D eigenvalue weighted by Gasteiger charge is 2.55. The van der Waals surface area contributed by atoms with Gasteiger partial charge in [-0.15, -0.1) is 11.3 Å². The number of piperidine rings is 1. The van der Waals surface area contributed by atoms with E-state index in [0.717, 1.165) is 61.6 Å². The summed E-state index contributed by atoms with van der Waals surface area (Å²) in [6.07, 6.45) is 5.90. The summed E-state index contributed by atoms with van der Waals surface area (Å²) in [6, 6.07) is 5.63. The lowest BCUT2D eigenvalue weighted by molar-refractivity contribution is 0.241. The zero-order valence-corrected chi connectivity index (χ0v) is 20.2. The number of anilines is 1. The molecule has 2 amide bonds. The number of aliphatic imine (C=N–C) groups is 1. The third kappa shape index (κ3) is 4.14. The highest BCUT2D eigenvalue weighted by molar-refractivity contribution is 7.91. The second-order valence-electron chi connectivity index (χ2n) is 9.07. The van der Waals surface area contributed by atoms with E-state index in [1.54, 1.807) is 17.5 Å². The Kier molecular flexibility index (Phi) is 6.19. The number of amides is 2. The molecular weight excluding hydrogens is 482 g/mol. The van der Waals surface area contributed by atoms with E-state index in [1.807, 2.05) is 0 Å². The van der Waals surface area contributed by atoms with Crippen molar-refractivity contribution in [2.45, 2.75) is 60.7 Å². The van der Waals surface area contributed by atoms with E-state index in [4.69, 9.17) is 4.99 Å². The first-order valence-corrected chi connectivity index (χ1v) is 13.8. The molecule has 1 saturated carbocycles. The van der Waals surface area contributed by atoms with Crippen molar-refractivity contribution in [2.24, 2.45) is 4.99 Å². The zero-order valence-electron chi connectivity index (χ0n) is 18.5. The minimum Gasteiger partial charge on any atom is -0.294 e. The van der Waals surface area contributed by atoms with Gasteiger partial charge in [-0.25, -0.2) is 22.0 Å². The summed E-state index contributed by atoms with van der Waals surface area (Å²) in [5, 5.41) is 4.53. The second kappa shape index (κ2) is 9.01. The first-order chi connectivity index (χ1) is 16.3. The van der Waals surface area contributed by atoms with Gasteiger partial charge >= 0.3 is 6.03 Å². The van der Waals surface area contributed by atoms with E-state index in [-0.39, 0.29) is 29.0 Å². The lowest BCUT2D eigenvalue weighted by Gasteiger charge is -2.44. The molecule has 34 heavy (non-hydrogen) atoms. The lowest BCUT2D eigenvalue weighted by atomic mass is 9.87. The van der Waals surface area contributed by atoms with Gasteiger partial charge in [0.1, 0.15) is 27.2 Å². The van der Waals surface area contributed by atoms with Crippen LogP contribution in [0.1, 0.15) is 44.9 Å². The van der Waals surface area contributed by atoms with Crippen LogP contribution in [0.3, 0.4) is 0 Å². The number of nitrogens with zero attached hydrogens (tertiary/aromatic N) is 3. The molecule has 5 rings (SSSR count). The Balaban J connectivity index is 1.60. The van der Waals surface area contributed by atoms with Gasteiger partial charge in [-0.1, -0.05) is 25.3 Å². The number of nitrogens with one attached hydrogen (secondary N) is 1. The fourth-order valence-electron chi connectivity index (χ4n) is 5.27. The van der Waals surface area contributed by atoms with Crippen molar-refractivity contribution >= 4 is 38.9 Å². The van der Waals surface area contributed by atoms with Gasteiger partial charge in [0.05, 0.1) is 11.7 Å². The van der Waals surface area contributed by atoms with E-state index in [9.17, 15) is 22.0 Å². The number of benzene rings is 1. The van der Waals surface area contributed by atoms with Crippen LogP contribution in [0.5, 0.6) is 0 Å². The van der Waals surface area contributed by atoms with Crippen LogP contribution in [0.4, 0.5) is 19.3 Å². The van der Waals surface area contributed by atoms with Gasteiger partial charge in [-0.2, -0.15) is 4.31 Å². The Morgan fingerprint density at radius 2 is 1.82 bits per heavy atom. The molecule has 1 aromatic heterocycles. The van der Waals surface area contributed by atoms with Gasteiger partial charge < -0.3 is 0 Å². The van der Waals surface area contributed by atoms with Crippen molar-refractivity contribution in [3.63, 3.8) is 0 Å². The average molecular weight is 509 g/mol. The molecule has 2 saturated heterocycles. The lowest BCUT2D eigenvalue weighted by Crippen LogP contribution is -2.61. The van der Waals surface area contributed by atoms with E-state index in [1.165, 1.54) is 9.21 Å². The average Bonchev–Trinajstić information content (AvgIpc) is 3.42. The van der Waals surface area contributed by atoms with Gasteiger partial charge in [0.15, 0.2) is 0 Å². The number of rotatable bonds is 4. The maximum atomic E-state index is 14.2. The van der Waals surface area contributed by atoms with Gasteiger partial charge in [-0.05, 0) is 49.3 Å². The molecule has 1 unspecified atom stereocenters. The van der Waals surface area contributed by atoms with Crippen LogP contribution in [0, 0.1) is 11.6 Å². The largest absolute Gasteiger partial charge is 0.328 e. The normalized spacial score (nSPS) is 25.9. The monoisotopic (exact) mass is 508 g/mol. The Bertz CT molecular complexity index is 1190. The Morgan fingerprint density at radius 1 is 1.09 bits per heavy atom. The third-order valence-corrected chi connectivity index (χ3v) is 10.0. The zero-order chi connectivity index (χ0) is 23.9.